The second-order valence-electron chi connectivity index (χ2n) is 5.67. The highest BCUT2D eigenvalue weighted by Crippen LogP contribution is 2.17. The number of ether oxygens (including phenoxy) is 3. The van der Waals surface area contributed by atoms with Gasteiger partial charge in [0.1, 0.15) is 17.3 Å². The van der Waals surface area contributed by atoms with Gasteiger partial charge in [0, 0.05) is 6.54 Å². The van der Waals surface area contributed by atoms with Crippen molar-refractivity contribution in [3.63, 3.8) is 0 Å². The summed E-state index contributed by atoms with van der Waals surface area (Å²) in [6.45, 7) is 3.81. The summed E-state index contributed by atoms with van der Waals surface area (Å²) < 4.78 is 28.5. The molecule has 2 aromatic carbocycles. The monoisotopic (exact) mass is 375 g/mol. The van der Waals surface area contributed by atoms with Crippen molar-refractivity contribution in [2.45, 2.75) is 26.5 Å². The lowest BCUT2D eigenvalue weighted by molar-refractivity contribution is -0.156. The van der Waals surface area contributed by atoms with Gasteiger partial charge in [-0.25, -0.2) is 9.18 Å². The highest BCUT2D eigenvalue weighted by Gasteiger charge is 2.17. The van der Waals surface area contributed by atoms with Crippen molar-refractivity contribution >= 4 is 11.9 Å². The molecule has 0 aliphatic carbocycles. The summed E-state index contributed by atoms with van der Waals surface area (Å²) in [5, 5.41) is 2.62. The van der Waals surface area contributed by atoms with Crippen LogP contribution >= 0.6 is 0 Å². The predicted molar refractivity (Wildman–Crippen MR) is 96.9 cm³/mol. The molecule has 0 aliphatic heterocycles. The maximum Gasteiger partial charge on any atom is 0.344 e. The van der Waals surface area contributed by atoms with E-state index in [4.69, 9.17) is 14.2 Å². The lowest BCUT2D eigenvalue weighted by Gasteiger charge is -2.14. The van der Waals surface area contributed by atoms with Gasteiger partial charge in [-0.1, -0.05) is 12.1 Å². The molecule has 0 saturated carbocycles. The third kappa shape index (κ3) is 6.97. The van der Waals surface area contributed by atoms with Crippen LogP contribution in [0.25, 0.3) is 0 Å². The van der Waals surface area contributed by atoms with Crippen molar-refractivity contribution in [2.24, 2.45) is 0 Å². The molecule has 0 fully saturated rings. The molecule has 2 aromatic rings. The van der Waals surface area contributed by atoms with E-state index in [0.717, 1.165) is 5.56 Å². The predicted octanol–water partition coefficient (Wildman–Crippen LogP) is 2.85. The van der Waals surface area contributed by atoms with Crippen LogP contribution in [0.5, 0.6) is 11.5 Å². The zero-order valence-electron chi connectivity index (χ0n) is 15.2. The Labute approximate surface area is 157 Å². The first kappa shape index (κ1) is 20.2. The Balaban J connectivity index is 1.72. The molecule has 2 rings (SSSR count). The van der Waals surface area contributed by atoms with Gasteiger partial charge in [-0.2, -0.15) is 0 Å². The Hall–Kier alpha value is -3.09. The fourth-order valence-corrected chi connectivity index (χ4v) is 2.16. The minimum atomic E-state index is -0.970. The number of benzene rings is 2. The standard InChI is InChI=1S/C20H22FNO5/c1-3-25-17-8-10-18(11-9-17)26-13-19(23)27-14(2)20(24)22-12-15-4-6-16(21)7-5-15/h4-11,14H,3,12-13H2,1-2H3,(H,22,24)/t14-/m0/s1. The molecule has 0 radical (unpaired) electrons. The number of rotatable bonds is 9. The number of amides is 1. The van der Waals surface area contributed by atoms with Gasteiger partial charge in [0.15, 0.2) is 12.7 Å². The summed E-state index contributed by atoms with van der Waals surface area (Å²) in [5.74, 6) is -0.260. The average Bonchev–Trinajstić information content (AvgIpc) is 2.67. The average molecular weight is 375 g/mol. The Morgan fingerprint density at radius 1 is 1.00 bits per heavy atom. The molecule has 144 valence electrons. The van der Waals surface area contributed by atoms with E-state index in [1.54, 1.807) is 36.4 Å². The molecule has 1 amide bonds. The Morgan fingerprint density at radius 2 is 1.59 bits per heavy atom. The number of carbonyl (C=O) groups is 2. The molecule has 1 atom stereocenters. The maximum atomic E-state index is 12.8. The molecule has 0 unspecified atom stereocenters. The number of halogens is 1. The van der Waals surface area contributed by atoms with Gasteiger partial charge in [-0.05, 0) is 55.8 Å². The Bertz CT molecular complexity index is 746. The Morgan fingerprint density at radius 3 is 2.19 bits per heavy atom. The van der Waals surface area contributed by atoms with Crippen molar-refractivity contribution in [3.8, 4) is 11.5 Å². The summed E-state index contributed by atoms with van der Waals surface area (Å²) in [5.41, 5.74) is 0.738. The first-order valence-corrected chi connectivity index (χ1v) is 8.55. The lowest BCUT2D eigenvalue weighted by atomic mass is 10.2. The van der Waals surface area contributed by atoms with Crippen LogP contribution in [0.4, 0.5) is 4.39 Å². The van der Waals surface area contributed by atoms with Crippen LogP contribution in [0.2, 0.25) is 0 Å². The number of carbonyl (C=O) groups excluding carboxylic acids is 2. The zero-order valence-corrected chi connectivity index (χ0v) is 15.2. The zero-order chi connectivity index (χ0) is 19.6. The smallest absolute Gasteiger partial charge is 0.344 e. The van der Waals surface area contributed by atoms with E-state index in [1.807, 2.05) is 6.92 Å². The van der Waals surface area contributed by atoms with Gasteiger partial charge in [0.05, 0.1) is 6.61 Å². The Kier molecular flexibility index (Phi) is 7.61. The summed E-state index contributed by atoms with van der Waals surface area (Å²) in [6, 6.07) is 12.6. The molecule has 0 bridgehead atoms. The molecule has 6 nitrogen and oxygen atoms in total. The quantitative estimate of drug-likeness (QED) is 0.682. The SMILES string of the molecule is CCOc1ccc(OCC(=O)O[C@@H](C)C(=O)NCc2ccc(F)cc2)cc1. The third-order valence-corrected chi connectivity index (χ3v) is 3.55. The fraction of sp³-hybridized carbons (Fsp3) is 0.300. The van der Waals surface area contributed by atoms with Gasteiger partial charge >= 0.3 is 5.97 Å². The van der Waals surface area contributed by atoms with Gasteiger partial charge < -0.3 is 19.5 Å². The minimum Gasteiger partial charge on any atom is -0.494 e. The van der Waals surface area contributed by atoms with Crippen LogP contribution < -0.4 is 14.8 Å². The molecular formula is C20H22FNO5. The number of hydrogen-bond donors (Lipinski definition) is 1. The highest BCUT2D eigenvalue weighted by atomic mass is 19.1. The molecule has 0 spiro atoms. The second-order valence-corrected chi connectivity index (χ2v) is 5.67. The molecule has 1 N–H and O–H groups in total. The van der Waals surface area contributed by atoms with Crippen LogP contribution in [0.1, 0.15) is 19.4 Å². The summed E-state index contributed by atoms with van der Waals surface area (Å²) in [6.07, 6.45) is -0.970. The van der Waals surface area contributed by atoms with Gasteiger partial charge in [0.2, 0.25) is 0 Å². The first-order chi connectivity index (χ1) is 13.0. The van der Waals surface area contributed by atoms with E-state index in [1.165, 1.54) is 19.1 Å². The van der Waals surface area contributed by atoms with E-state index in [-0.39, 0.29) is 19.0 Å². The summed E-state index contributed by atoms with van der Waals surface area (Å²) >= 11 is 0. The van der Waals surface area contributed by atoms with E-state index in [9.17, 15) is 14.0 Å². The minimum absolute atomic E-state index is 0.212. The number of hydrogen-bond acceptors (Lipinski definition) is 5. The van der Waals surface area contributed by atoms with Gasteiger partial charge in [0.25, 0.3) is 5.91 Å². The van der Waals surface area contributed by atoms with Crippen molar-refractivity contribution in [1.29, 1.82) is 0 Å². The van der Waals surface area contributed by atoms with Gasteiger partial charge in [-0.15, -0.1) is 0 Å². The summed E-state index contributed by atoms with van der Waals surface area (Å²) in [4.78, 5) is 23.8. The van der Waals surface area contributed by atoms with Crippen molar-refractivity contribution in [1.82, 2.24) is 5.32 Å². The molecular weight excluding hydrogens is 353 g/mol. The number of nitrogens with one attached hydrogen (secondary N) is 1. The molecule has 0 saturated heterocycles. The fourth-order valence-electron chi connectivity index (χ4n) is 2.16. The molecule has 0 aromatic heterocycles. The van der Waals surface area contributed by atoms with Crippen LogP contribution in [-0.2, 0) is 20.9 Å². The molecule has 0 heterocycles. The summed E-state index contributed by atoms with van der Waals surface area (Å²) in [7, 11) is 0. The van der Waals surface area contributed by atoms with Gasteiger partial charge in [-0.3, -0.25) is 4.79 Å². The van der Waals surface area contributed by atoms with E-state index < -0.39 is 18.0 Å². The van der Waals surface area contributed by atoms with E-state index in [0.29, 0.717) is 18.1 Å². The van der Waals surface area contributed by atoms with Crippen molar-refractivity contribution in [3.05, 3.63) is 59.9 Å². The highest BCUT2D eigenvalue weighted by molar-refractivity contribution is 5.83. The topological polar surface area (TPSA) is 73.9 Å². The third-order valence-electron chi connectivity index (χ3n) is 3.55. The number of esters is 1. The molecule has 27 heavy (non-hydrogen) atoms. The molecule has 7 heteroatoms. The van der Waals surface area contributed by atoms with Crippen LogP contribution in [-0.4, -0.2) is 31.2 Å². The molecule has 0 aliphatic rings. The maximum absolute atomic E-state index is 12.8. The second kappa shape index (κ2) is 10.2. The normalized spacial score (nSPS) is 11.4. The largest absolute Gasteiger partial charge is 0.494 e. The van der Waals surface area contributed by atoms with Crippen LogP contribution in [0.3, 0.4) is 0 Å². The van der Waals surface area contributed by atoms with Crippen molar-refractivity contribution in [2.75, 3.05) is 13.2 Å². The first-order valence-electron chi connectivity index (χ1n) is 8.55. The van der Waals surface area contributed by atoms with Crippen LogP contribution in [0, 0.1) is 5.82 Å². The lowest BCUT2D eigenvalue weighted by Crippen LogP contribution is -2.36. The van der Waals surface area contributed by atoms with Crippen molar-refractivity contribution < 1.29 is 28.2 Å². The van der Waals surface area contributed by atoms with E-state index in [2.05, 4.69) is 5.32 Å². The van der Waals surface area contributed by atoms with Crippen LogP contribution in [0.15, 0.2) is 48.5 Å². The van der Waals surface area contributed by atoms with E-state index >= 15 is 0 Å².